The average Bonchev–Trinajstić information content (AvgIpc) is 2.49. The van der Waals surface area contributed by atoms with Gasteiger partial charge in [0.1, 0.15) is 0 Å². The van der Waals surface area contributed by atoms with Crippen LogP contribution in [-0.4, -0.2) is 51.9 Å². The normalized spacial score (nSPS) is 19.1. The number of hydrogen-bond acceptors (Lipinski definition) is 4. The maximum Gasteiger partial charge on any atom is 0.0132 e. The first-order valence-corrected chi connectivity index (χ1v) is 8.40. The number of nitrogens with one attached hydrogen (secondary N) is 4. The molecule has 0 aliphatic carbocycles. The maximum absolute atomic E-state index is 3.68. The molecule has 0 radical (unpaired) electrons. The van der Waals surface area contributed by atoms with Gasteiger partial charge in [0.2, 0.25) is 0 Å². The molecule has 118 valence electrons. The van der Waals surface area contributed by atoms with Gasteiger partial charge in [-0.3, -0.25) is 0 Å². The van der Waals surface area contributed by atoms with E-state index >= 15 is 0 Å². The van der Waals surface area contributed by atoms with Crippen LogP contribution in [0, 0.1) is 0 Å². The molecule has 1 unspecified atom stereocenters. The first kappa shape index (κ1) is 17.6. The van der Waals surface area contributed by atoms with Gasteiger partial charge in [-0.25, -0.2) is 0 Å². The van der Waals surface area contributed by atoms with Crippen LogP contribution in [0.4, 0.5) is 0 Å². The zero-order valence-corrected chi connectivity index (χ0v) is 13.1. The van der Waals surface area contributed by atoms with Gasteiger partial charge in [-0.15, -0.1) is 6.58 Å². The highest BCUT2D eigenvalue weighted by Gasteiger charge is 2.10. The van der Waals surface area contributed by atoms with Crippen molar-refractivity contribution in [2.24, 2.45) is 0 Å². The predicted molar refractivity (Wildman–Crippen MR) is 88.3 cm³/mol. The summed E-state index contributed by atoms with van der Waals surface area (Å²) in [6.45, 7) is 11.4. The Hall–Kier alpha value is -0.420. The molecule has 4 nitrogen and oxygen atoms in total. The Balaban J connectivity index is 1.71. The van der Waals surface area contributed by atoms with Gasteiger partial charge in [0.15, 0.2) is 0 Å². The first-order chi connectivity index (χ1) is 9.93. The molecule has 0 aromatic heterocycles. The Morgan fingerprint density at radius 3 is 2.30 bits per heavy atom. The summed E-state index contributed by atoms with van der Waals surface area (Å²) < 4.78 is 0. The lowest BCUT2D eigenvalue weighted by molar-refractivity contribution is 0.376. The molecule has 0 aromatic carbocycles. The maximum atomic E-state index is 3.68. The number of hydrogen-bond donors (Lipinski definition) is 4. The van der Waals surface area contributed by atoms with Gasteiger partial charge in [-0.05, 0) is 71.4 Å². The van der Waals surface area contributed by atoms with Gasteiger partial charge in [-0.1, -0.05) is 12.5 Å². The summed E-state index contributed by atoms with van der Waals surface area (Å²) in [4.78, 5) is 0. The second kappa shape index (κ2) is 13.6. The van der Waals surface area contributed by atoms with E-state index in [1.54, 1.807) is 0 Å². The van der Waals surface area contributed by atoms with Crippen LogP contribution in [0.5, 0.6) is 0 Å². The van der Waals surface area contributed by atoms with Crippen LogP contribution in [-0.2, 0) is 0 Å². The molecule has 1 saturated heterocycles. The van der Waals surface area contributed by atoms with Crippen LogP contribution in [0.25, 0.3) is 0 Å². The lowest BCUT2D eigenvalue weighted by atomic mass is 10.0. The molecule has 4 N–H and O–H groups in total. The minimum atomic E-state index is 0.762. The lowest BCUT2D eigenvalue weighted by Gasteiger charge is -2.23. The summed E-state index contributed by atoms with van der Waals surface area (Å²) in [6.07, 6.45) is 9.72. The Kier molecular flexibility index (Phi) is 12.0. The van der Waals surface area contributed by atoms with E-state index in [2.05, 4.69) is 27.8 Å². The van der Waals surface area contributed by atoms with E-state index in [-0.39, 0.29) is 0 Å². The van der Waals surface area contributed by atoms with Gasteiger partial charge in [-0.2, -0.15) is 0 Å². The molecule has 0 saturated carbocycles. The van der Waals surface area contributed by atoms with Crippen molar-refractivity contribution < 1.29 is 0 Å². The van der Waals surface area contributed by atoms with Crippen molar-refractivity contribution in [2.45, 2.75) is 44.6 Å². The average molecular weight is 282 g/mol. The summed E-state index contributed by atoms with van der Waals surface area (Å²) in [5, 5.41) is 13.9. The minimum Gasteiger partial charge on any atom is -0.317 e. The molecule has 1 aliphatic rings. The first-order valence-electron chi connectivity index (χ1n) is 8.40. The monoisotopic (exact) mass is 282 g/mol. The number of piperidine rings is 1. The second-order valence-electron chi connectivity index (χ2n) is 5.64. The third kappa shape index (κ3) is 10.4. The Morgan fingerprint density at radius 1 is 0.950 bits per heavy atom. The molecular weight excluding hydrogens is 248 g/mol. The van der Waals surface area contributed by atoms with E-state index in [4.69, 9.17) is 0 Å². The molecule has 1 heterocycles. The lowest BCUT2D eigenvalue weighted by Crippen LogP contribution is -2.36. The molecular formula is C16H34N4. The topological polar surface area (TPSA) is 48.1 Å². The van der Waals surface area contributed by atoms with Gasteiger partial charge in [0.05, 0.1) is 0 Å². The third-order valence-corrected chi connectivity index (χ3v) is 3.78. The standard InChI is InChI=1S/C16H34N4/c1-2-9-17-10-5-11-18-12-6-13-19-15-8-16-7-3-4-14-20-16/h2,16-20H,1,3-15H2. The summed E-state index contributed by atoms with van der Waals surface area (Å²) in [7, 11) is 0. The molecule has 0 bridgehead atoms. The summed E-state index contributed by atoms with van der Waals surface area (Å²) in [5.74, 6) is 0. The van der Waals surface area contributed by atoms with Crippen molar-refractivity contribution in [2.75, 3.05) is 45.8 Å². The highest BCUT2D eigenvalue weighted by atomic mass is 14.9. The van der Waals surface area contributed by atoms with Crippen LogP contribution in [0.3, 0.4) is 0 Å². The molecule has 1 atom stereocenters. The van der Waals surface area contributed by atoms with Crippen molar-refractivity contribution in [1.29, 1.82) is 0 Å². The van der Waals surface area contributed by atoms with Gasteiger partial charge in [0.25, 0.3) is 0 Å². The second-order valence-corrected chi connectivity index (χ2v) is 5.64. The van der Waals surface area contributed by atoms with Crippen molar-refractivity contribution in [3.8, 4) is 0 Å². The predicted octanol–water partition coefficient (Wildman–Crippen LogP) is 1.25. The van der Waals surface area contributed by atoms with E-state index in [1.807, 2.05) is 6.08 Å². The summed E-state index contributed by atoms with van der Waals surface area (Å²) in [6, 6.07) is 0.762. The smallest absolute Gasteiger partial charge is 0.0132 e. The van der Waals surface area contributed by atoms with Gasteiger partial charge in [0, 0.05) is 12.6 Å². The fourth-order valence-electron chi connectivity index (χ4n) is 2.58. The SMILES string of the molecule is C=CCNCCCNCCCNCCC1CCCCN1. The Bertz CT molecular complexity index is 215. The minimum absolute atomic E-state index is 0.762. The molecule has 1 rings (SSSR count). The van der Waals surface area contributed by atoms with E-state index in [0.29, 0.717) is 0 Å². The van der Waals surface area contributed by atoms with Crippen molar-refractivity contribution in [1.82, 2.24) is 21.3 Å². The van der Waals surface area contributed by atoms with Crippen molar-refractivity contribution in [3.63, 3.8) is 0 Å². The van der Waals surface area contributed by atoms with Crippen LogP contribution in [0.15, 0.2) is 12.7 Å². The van der Waals surface area contributed by atoms with E-state index in [0.717, 1.165) is 45.3 Å². The van der Waals surface area contributed by atoms with Crippen LogP contribution >= 0.6 is 0 Å². The highest BCUT2D eigenvalue weighted by molar-refractivity contribution is 4.72. The van der Waals surface area contributed by atoms with Gasteiger partial charge >= 0.3 is 0 Å². The molecule has 20 heavy (non-hydrogen) atoms. The Labute approximate surface area is 125 Å². The molecule has 0 amide bonds. The van der Waals surface area contributed by atoms with Crippen LogP contribution in [0.2, 0.25) is 0 Å². The fraction of sp³-hybridized carbons (Fsp3) is 0.875. The van der Waals surface area contributed by atoms with Crippen molar-refractivity contribution >= 4 is 0 Å². The quantitative estimate of drug-likeness (QED) is 0.303. The Morgan fingerprint density at radius 2 is 1.65 bits per heavy atom. The molecule has 1 aliphatic heterocycles. The molecule has 1 fully saturated rings. The summed E-state index contributed by atoms with van der Waals surface area (Å²) in [5.41, 5.74) is 0. The zero-order valence-electron chi connectivity index (χ0n) is 13.1. The zero-order chi connectivity index (χ0) is 14.3. The van der Waals surface area contributed by atoms with E-state index in [1.165, 1.54) is 45.1 Å². The molecule has 4 heteroatoms. The fourth-order valence-corrected chi connectivity index (χ4v) is 2.58. The van der Waals surface area contributed by atoms with E-state index in [9.17, 15) is 0 Å². The largest absolute Gasteiger partial charge is 0.317 e. The third-order valence-electron chi connectivity index (χ3n) is 3.78. The molecule has 0 aromatic rings. The van der Waals surface area contributed by atoms with Crippen LogP contribution < -0.4 is 21.3 Å². The highest BCUT2D eigenvalue weighted by Crippen LogP contribution is 2.08. The van der Waals surface area contributed by atoms with Crippen molar-refractivity contribution in [3.05, 3.63) is 12.7 Å². The number of rotatable bonds is 13. The van der Waals surface area contributed by atoms with Gasteiger partial charge < -0.3 is 21.3 Å². The van der Waals surface area contributed by atoms with Crippen LogP contribution in [0.1, 0.15) is 38.5 Å². The molecule has 0 spiro atoms. The summed E-state index contributed by atoms with van der Waals surface area (Å²) >= 11 is 0. The van der Waals surface area contributed by atoms with E-state index < -0.39 is 0 Å².